The summed E-state index contributed by atoms with van der Waals surface area (Å²) in [4.78, 5) is 12.1. The molecule has 0 bridgehead atoms. The van der Waals surface area contributed by atoms with E-state index in [0.717, 1.165) is 19.3 Å². The molecule has 0 aromatic heterocycles. The molecule has 2 aromatic carbocycles. The zero-order valence-electron chi connectivity index (χ0n) is 13.5. The second-order valence-corrected chi connectivity index (χ2v) is 5.58. The molecule has 0 amide bonds. The van der Waals surface area contributed by atoms with Gasteiger partial charge in [0.05, 0.1) is 5.56 Å². The summed E-state index contributed by atoms with van der Waals surface area (Å²) in [5, 5.41) is 0. The zero-order valence-corrected chi connectivity index (χ0v) is 13.5. The van der Waals surface area contributed by atoms with Crippen LogP contribution in [0.2, 0.25) is 0 Å². The summed E-state index contributed by atoms with van der Waals surface area (Å²) in [5.41, 5.74) is 3.13. The van der Waals surface area contributed by atoms with E-state index in [1.807, 2.05) is 48.5 Å². The Bertz CT molecular complexity index is 582. The van der Waals surface area contributed by atoms with Crippen LogP contribution >= 0.6 is 0 Å². The van der Waals surface area contributed by atoms with Crippen molar-refractivity contribution in [1.29, 1.82) is 0 Å². The summed E-state index contributed by atoms with van der Waals surface area (Å²) in [6, 6.07) is 15.5. The fourth-order valence-electron chi connectivity index (χ4n) is 2.37. The largest absolute Gasteiger partial charge is 0.423 e. The van der Waals surface area contributed by atoms with Gasteiger partial charge in [0.25, 0.3) is 0 Å². The summed E-state index contributed by atoms with van der Waals surface area (Å²) in [6.45, 7) is 4.33. The highest BCUT2D eigenvalue weighted by Gasteiger charge is 2.08. The van der Waals surface area contributed by atoms with E-state index in [-0.39, 0.29) is 5.97 Å². The molecule has 0 spiro atoms. The molecule has 0 N–H and O–H groups in total. The third kappa shape index (κ3) is 4.73. The Morgan fingerprint density at radius 3 is 2.00 bits per heavy atom. The van der Waals surface area contributed by atoms with E-state index in [4.69, 9.17) is 4.74 Å². The molecule has 22 heavy (non-hydrogen) atoms. The molecule has 0 atom stereocenters. The van der Waals surface area contributed by atoms with Crippen LogP contribution < -0.4 is 4.74 Å². The molecule has 0 saturated heterocycles. The third-order valence-electron chi connectivity index (χ3n) is 3.68. The Morgan fingerprint density at radius 1 is 0.818 bits per heavy atom. The SMILES string of the molecule is CCCCc1ccc(C(=O)Oc2ccc(CCC)cc2)cc1. The van der Waals surface area contributed by atoms with E-state index in [1.165, 1.54) is 24.0 Å². The molecule has 0 aliphatic rings. The van der Waals surface area contributed by atoms with Crippen molar-refractivity contribution < 1.29 is 9.53 Å². The van der Waals surface area contributed by atoms with Gasteiger partial charge < -0.3 is 4.74 Å². The van der Waals surface area contributed by atoms with E-state index in [9.17, 15) is 4.79 Å². The fourth-order valence-corrected chi connectivity index (χ4v) is 2.37. The van der Waals surface area contributed by atoms with E-state index in [2.05, 4.69) is 13.8 Å². The van der Waals surface area contributed by atoms with Crippen molar-refractivity contribution >= 4 is 5.97 Å². The number of carbonyl (C=O) groups is 1. The monoisotopic (exact) mass is 296 g/mol. The van der Waals surface area contributed by atoms with Crippen molar-refractivity contribution in [3.8, 4) is 5.75 Å². The molecule has 0 saturated carbocycles. The minimum absolute atomic E-state index is 0.301. The van der Waals surface area contributed by atoms with Crippen LogP contribution in [0.15, 0.2) is 48.5 Å². The van der Waals surface area contributed by atoms with Gasteiger partial charge in [0, 0.05) is 0 Å². The highest BCUT2D eigenvalue weighted by molar-refractivity contribution is 5.91. The summed E-state index contributed by atoms with van der Waals surface area (Å²) in [6.07, 6.45) is 5.58. The third-order valence-corrected chi connectivity index (χ3v) is 3.68. The van der Waals surface area contributed by atoms with Gasteiger partial charge in [-0.3, -0.25) is 0 Å². The number of benzene rings is 2. The lowest BCUT2D eigenvalue weighted by molar-refractivity contribution is 0.0734. The molecular formula is C20H24O2. The fraction of sp³-hybridized carbons (Fsp3) is 0.350. The molecule has 2 rings (SSSR count). The van der Waals surface area contributed by atoms with Crippen LogP contribution in [0.25, 0.3) is 0 Å². The second-order valence-electron chi connectivity index (χ2n) is 5.58. The minimum Gasteiger partial charge on any atom is -0.423 e. The number of esters is 1. The van der Waals surface area contributed by atoms with Gasteiger partial charge in [0.2, 0.25) is 0 Å². The topological polar surface area (TPSA) is 26.3 Å². The first-order valence-electron chi connectivity index (χ1n) is 8.13. The lowest BCUT2D eigenvalue weighted by Gasteiger charge is -2.06. The van der Waals surface area contributed by atoms with Crippen molar-refractivity contribution in [2.45, 2.75) is 46.0 Å². The Hall–Kier alpha value is -2.09. The predicted octanol–water partition coefficient (Wildman–Crippen LogP) is 5.20. The van der Waals surface area contributed by atoms with Crippen LogP contribution in [0, 0.1) is 0 Å². The molecule has 0 aliphatic carbocycles. The van der Waals surface area contributed by atoms with Crippen molar-refractivity contribution in [3.63, 3.8) is 0 Å². The van der Waals surface area contributed by atoms with Crippen LogP contribution in [-0.4, -0.2) is 5.97 Å². The summed E-state index contributed by atoms with van der Waals surface area (Å²) < 4.78 is 5.42. The molecule has 0 fully saturated rings. The predicted molar refractivity (Wildman–Crippen MR) is 90.4 cm³/mol. The molecule has 2 aromatic rings. The van der Waals surface area contributed by atoms with Crippen molar-refractivity contribution in [1.82, 2.24) is 0 Å². The molecule has 116 valence electrons. The van der Waals surface area contributed by atoms with Gasteiger partial charge in [0.15, 0.2) is 0 Å². The summed E-state index contributed by atoms with van der Waals surface area (Å²) in [7, 11) is 0. The van der Waals surface area contributed by atoms with Gasteiger partial charge in [-0.05, 0) is 54.7 Å². The first kappa shape index (κ1) is 16.3. The molecule has 2 nitrogen and oxygen atoms in total. The molecule has 0 unspecified atom stereocenters. The average molecular weight is 296 g/mol. The van der Waals surface area contributed by atoms with Gasteiger partial charge >= 0.3 is 5.97 Å². The molecule has 2 heteroatoms. The smallest absolute Gasteiger partial charge is 0.343 e. The molecule has 0 aliphatic heterocycles. The first-order valence-corrected chi connectivity index (χ1v) is 8.13. The van der Waals surface area contributed by atoms with Crippen molar-refractivity contribution in [3.05, 3.63) is 65.2 Å². The van der Waals surface area contributed by atoms with Gasteiger partial charge in [-0.1, -0.05) is 51.0 Å². The average Bonchev–Trinajstić information content (AvgIpc) is 2.55. The number of aryl methyl sites for hydroxylation is 2. The first-order chi connectivity index (χ1) is 10.7. The Morgan fingerprint density at radius 2 is 1.41 bits per heavy atom. The number of rotatable bonds is 7. The second kappa shape index (κ2) is 8.38. The maximum Gasteiger partial charge on any atom is 0.343 e. The van der Waals surface area contributed by atoms with Crippen LogP contribution in [0.3, 0.4) is 0 Å². The van der Waals surface area contributed by atoms with Gasteiger partial charge in [-0.2, -0.15) is 0 Å². The van der Waals surface area contributed by atoms with E-state index in [0.29, 0.717) is 11.3 Å². The van der Waals surface area contributed by atoms with Crippen molar-refractivity contribution in [2.75, 3.05) is 0 Å². The maximum atomic E-state index is 12.1. The van der Waals surface area contributed by atoms with Crippen LogP contribution in [0.1, 0.15) is 54.6 Å². The van der Waals surface area contributed by atoms with Gasteiger partial charge in [0.1, 0.15) is 5.75 Å². The number of hydrogen-bond acceptors (Lipinski definition) is 2. The van der Waals surface area contributed by atoms with E-state index >= 15 is 0 Å². The molecule has 0 heterocycles. The lowest BCUT2D eigenvalue weighted by Crippen LogP contribution is -2.08. The van der Waals surface area contributed by atoms with E-state index < -0.39 is 0 Å². The number of hydrogen-bond donors (Lipinski definition) is 0. The zero-order chi connectivity index (χ0) is 15.8. The summed E-state index contributed by atoms with van der Waals surface area (Å²) in [5.74, 6) is 0.296. The minimum atomic E-state index is -0.301. The van der Waals surface area contributed by atoms with Crippen molar-refractivity contribution in [2.24, 2.45) is 0 Å². The molecular weight excluding hydrogens is 272 g/mol. The highest BCUT2D eigenvalue weighted by atomic mass is 16.5. The molecule has 0 radical (unpaired) electrons. The highest BCUT2D eigenvalue weighted by Crippen LogP contribution is 2.16. The van der Waals surface area contributed by atoms with Crippen LogP contribution in [-0.2, 0) is 12.8 Å². The Balaban J connectivity index is 1.96. The van der Waals surface area contributed by atoms with Crippen LogP contribution in [0.4, 0.5) is 0 Å². The lowest BCUT2D eigenvalue weighted by atomic mass is 10.1. The number of carbonyl (C=O) groups excluding carboxylic acids is 1. The van der Waals surface area contributed by atoms with E-state index in [1.54, 1.807) is 0 Å². The Labute approximate surface area is 133 Å². The normalized spacial score (nSPS) is 10.5. The maximum absolute atomic E-state index is 12.1. The van der Waals surface area contributed by atoms with Gasteiger partial charge in [-0.15, -0.1) is 0 Å². The number of ether oxygens (including phenoxy) is 1. The quantitative estimate of drug-likeness (QED) is 0.518. The Kier molecular flexibility index (Phi) is 6.20. The van der Waals surface area contributed by atoms with Gasteiger partial charge in [-0.25, -0.2) is 4.79 Å². The van der Waals surface area contributed by atoms with Crippen LogP contribution in [0.5, 0.6) is 5.75 Å². The number of unbranched alkanes of at least 4 members (excludes halogenated alkanes) is 1. The standard InChI is InChI=1S/C20H24O2/c1-3-5-7-17-8-12-18(13-9-17)20(21)22-19-14-10-16(6-4-2)11-15-19/h8-15H,3-7H2,1-2H3. The summed E-state index contributed by atoms with van der Waals surface area (Å²) >= 11 is 0.